The van der Waals surface area contributed by atoms with E-state index in [-0.39, 0.29) is 0 Å². The van der Waals surface area contributed by atoms with Gasteiger partial charge in [-0.1, -0.05) is 6.07 Å². The van der Waals surface area contributed by atoms with Crippen LogP contribution in [0.15, 0.2) is 42.7 Å². The summed E-state index contributed by atoms with van der Waals surface area (Å²) in [6.45, 7) is 1.69. The molecule has 0 fully saturated rings. The molecule has 0 radical (unpaired) electrons. The van der Waals surface area contributed by atoms with Gasteiger partial charge in [0.25, 0.3) is 0 Å². The van der Waals surface area contributed by atoms with Crippen molar-refractivity contribution in [3.8, 4) is 0 Å². The summed E-state index contributed by atoms with van der Waals surface area (Å²) in [6, 6.07) is 9.65. The lowest BCUT2D eigenvalue weighted by Gasteiger charge is -2.06. The van der Waals surface area contributed by atoms with Crippen molar-refractivity contribution in [2.24, 2.45) is 0 Å². The third kappa shape index (κ3) is 2.74. The van der Waals surface area contributed by atoms with E-state index in [0.717, 1.165) is 24.5 Å². The molecule has 0 aliphatic rings. The van der Waals surface area contributed by atoms with Crippen LogP contribution in [0.25, 0.3) is 0 Å². The van der Waals surface area contributed by atoms with Gasteiger partial charge in [-0.05, 0) is 24.3 Å². The maximum atomic E-state index is 5.67. The molecule has 4 heteroatoms. The molecule has 0 atom stereocenters. The lowest BCUT2D eigenvalue weighted by molar-refractivity contribution is 0.638. The first kappa shape index (κ1) is 9.58. The molecule has 0 unspecified atom stereocenters. The first-order valence-electron chi connectivity index (χ1n) is 4.91. The summed E-state index contributed by atoms with van der Waals surface area (Å²) < 4.78 is 1.89. The summed E-state index contributed by atoms with van der Waals surface area (Å²) in [5.74, 6) is 0. The average Bonchev–Trinajstić information content (AvgIpc) is 2.71. The minimum atomic E-state index is 0.777. The molecule has 3 N–H and O–H groups in total. The van der Waals surface area contributed by atoms with E-state index in [1.54, 1.807) is 6.20 Å². The standard InChI is InChI=1S/C11H14N4/c12-10-3-1-4-11(9-10)13-6-8-15-7-2-5-14-15/h1-5,7,9,13H,6,8,12H2. The number of rotatable bonds is 4. The normalized spacial score (nSPS) is 10.1. The minimum Gasteiger partial charge on any atom is -0.399 e. The van der Waals surface area contributed by atoms with Gasteiger partial charge >= 0.3 is 0 Å². The molecule has 0 saturated heterocycles. The summed E-state index contributed by atoms with van der Waals surface area (Å²) in [7, 11) is 0. The third-order valence-electron chi connectivity index (χ3n) is 2.12. The molecule has 0 bridgehead atoms. The van der Waals surface area contributed by atoms with Crippen molar-refractivity contribution >= 4 is 11.4 Å². The maximum absolute atomic E-state index is 5.67. The van der Waals surface area contributed by atoms with Crippen molar-refractivity contribution in [2.45, 2.75) is 6.54 Å². The van der Waals surface area contributed by atoms with Crippen molar-refractivity contribution in [3.05, 3.63) is 42.7 Å². The zero-order chi connectivity index (χ0) is 10.5. The summed E-state index contributed by atoms with van der Waals surface area (Å²) in [5.41, 5.74) is 7.49. The summed E-state index contributed by atoms with van der Waals surface area (Å²) in [4.78, 5) is 0. The molecule has 4 nitrogen and oxygen atoms in total. The molecule has 78 valence electrons. The van der Waals surface area contributed by atoms with E-state index in [1.165, 1.54) is 0 Å². The fourth-order valence-electron chi connectivity index (χ4n) is 1.40. The van der Waals surface area contributed by atoms with Crippen LogP contribution < -0.4 is 11.1 Å². The van der Waals surface area contributed by atoms with Crippen molar-refractivity contribution in [1.29, 1.82) is 0 Å². The predicted molar refractivity (Wildman–Crippen MR) is 61.6 cm³/mol. The Kier molecular flexibility index (Phi) is 2.88. The Morgan fingerprint density at radius 3 is 3.00 bits per heavy atom. The predicted octanol–water partition coefficient (Wildman–Crippen LogP) is 1.58. The highest BCUT2D eigenvalue weighted by atomic mass is 15.3. The molecular formula is C11H14N4. The van der Waals surface area contributed by atoms with Gasteiger partial charge in [0.15, 0.2) is 0 Å². The largest absolute Gasteiger partial charge is 0.399 e. The number of nitrogens with one attached hydrogen (secondary N) is 1. The number of benzene rings is 1. The van der Waals surface area contributed by atoms with Crippen molar-refractivity contribution in [1.82, 2.24) is 9.78 Å². The molecule has 0 saturated carbocycles. The number of hydrogen-bond donors (Lipinski definition) is 2. The highest BCUT2D eigenvalue weighted by Crippen LogP contribution is 2.11. The zero-order valence-corrected chi connectivity index (χ0v) is 8.43. The van der Waals surface area contributed by atoms with Gasteiger partial charge in [0.1, 0.15) is 0 Å². The van der Waals surface area contributed by atoms with E-state index in [0.29, 0.717) is 0 Å². The maximum Gasteiger partial charge on any atom is 0.0582 e. The van der Waals surface area contributed by atoms with Crippen LogP contribution in [0.2, 0.25) is 0 Å². The van der Waals surface area contributed by atoms with E-state index in [9.17, 15) is 0 Å². The Labute approximate surface area is 88.7 Å². The second kappa shape index (κ2) is 4.50. The zero-order valence-electron chi connectivity index (χ0n) is 8.43. The average molecular weight is 202 g/mol. The number of nitrogens with zero attached hydrogens (tertiary/aromatic N) is 2. The number of nitrogens with two attached hydrogens (primary N) is 1. The molecule has 2 rings (SSSR count). The van der Waals surface area contributed by atoms with E-state index < -0.39 is 0 Å². The molecule has 2 aromatic rings. The van der Waals surface area contributed by atoms with E-state index >= 15 is 0 Å². The molecule has 15 heavy (non-hydrogen) atoms. The number of hydrogen-bond acceptors (Lipinski definition) is 3. The fourth-order valence-corrected chi connectivity index (χ4v) is 1.40. The van der Waals surface area contributed by atoms with Gasteiger partial charge < -0.3 is 11.1 Å². The quantitative estimate of drug-likeness (QED) is 0.740. The number of nitrogen functional groups attached to an aromatic ring is 1. The van der Waals surface area contributed by atoms with Crippen LogP contribution in [0, 0.1) is 0 Å². The third-order valence-corrected chi connectivity index (χ3v) is 2.12. The van der Waals surface area contributed by atoms with Crippen LogP contribution in [0.3, 0.4) is 0 Å². The Hall–Kier alpha value is -1.97. The van der Waals surface area contributed by atoms with E-state index in [4.69, 9.17) is 5.73 Å². The van der Waals surface area contributed by atoms with Gasteiger partial charge in [-0.15, -0.1) is 0 Å². The van der Waals surface area contributed by atoms with Crippen LogP contribution in [-0.4, -0.2) is 16.3 Å². The lowest BCUT2D eigenvalue weighted by atomic mass is 10.3. The number of anilines is 2. The Morgan fingerprint density at radius 1 is 1.33 bits per heavy atom. The van der Waals surface area contributed by atoms with Crippen LogP contribution in [0.5, 0.6) is 0 Å². The van der Waals surface area contributed by atoms with Crippen molar-refractivity contribution in [2.75, 3.05) is 17.6 Å². The molecule has 1 aromatic heterocycles. The van der Waals surface area contributed by atoms with E-state index in [1.807, 2.05) is 41.2 Å². The van der Waals surface area contributed by atoms with Crippen LogP contribution in [0.1, 0.15) is 0 Å². The van der Waals surface area contributed by atoms with Crippen LogP contribution >= 0.6 is 0 Å². The van der Waals surface area contributed by atoms with Gasteiger partial charge in [-0.3, -0.25) is 4.68 Å². The first-order chi connectivity index (χ1) is 7.34. The summed E-state index contributed by atoms with van der Waals surface area (Å²) >= 11 is 0. The smallest absolute Gasteiger partial charge is 0.0582 e. The molecule has 1 heterocycles. The molecule has 0 aliphatic heterocycles. The molecule has 0 amide bonds. The molecule has 0 spiro atoms. The van der Waals surface area contributed by atoms with Gasteiger partial charge in [0.2, 0.25) is 0 Å². The van der Waals surface area contributed by atoms with Crippen molar-refractivity contribution in [3.63, 3.8) is 0 Å². The highest BCUT2D eigenvalue weighted by molar-refractivity contribution is 5.53. The monoisotopic (exact) mass is 202 g/mol. The van der Waals surface area contributed by atoms with Gasteiger partial charge in [-0.2, -0.15) is 5.10 Å². The molecular weight excluding hydrogens is 188 g/mol. The lowest BCUT2D eigenvalue weighted by Crippen LogP contribution is -2.10. The SMILES string of the molecule is Nc1cccc(NCCn2cccn2)c1. The summed E-state index contributed by atoms with van der Waals surface area (Å²) in [6.07, 6.45) is 3.72. The van der Waals surface area contributed by atoms with Gasteiger partial charge in [-0.25, -0.2) is 0 Å². The Morgan fingerprint density at radius 2 is 2.27 bits per heavy atom. The Balaban J connectivity index is 1.83. The minimum absolute atomic E-state index is 0.777. The van der Waals surface area contributed by atoms with Gasteiger partial charge in [0.05, 0.1) is 6.54 Å². The summed E-state index contributed by atoms with van der Waals surface area (Å²) in [5, 5.41) is 7.40. The van der Waals surface area contributed by atoms with Crippen LogP contribution in [0.4, 0.5) is 11.4 Å². The topological polar surface area (TPSA) is 55.9 Å². The van der Waals surface area contributed by atoms with Crippen LogP contribution in [-0.2, 0) is 6.54 Å². The first-order valence-corrected chi connectivity index (χ1v) is 4.91. The second-order valence-corrected chi connectivity index (χ2v) is 3.32. The number of aromatic nitrogens is 2. The highest BCUT2D eigenvalue weighted by Gasteiger charge is 1.93. The van der Waals surface area contributed by atoms with Gasteiger partial charge in [0, 0.05) is 30.3 Å². The Bertz CT molecular complexity index is 408. The second-order valence-electron chi connectivity index (χ2n) is 3.32. The fraction of sp³-hybridized carbons (Fsp3) is 0.182. The van der Waals surface area contributed by atoms with Crippen molar-refractivity contribution < 1.29 is 0 Å². The van der Waals surface area contributed by atoms with E-state index in [2.05, 4.69) is 10.4 Å². The molecule has 1 aromatic carbocycles. The molecule has 0 aliphatic carbocycles.